The predicted octanol–water partition coefficient (Wildman–Crippen LogP) is 6.90. The maximum Gasteiger partial charge on any atom is 0.573 e. The number of ether oxygens (including phenoxy) is 1. The van der Waals surface area contributed by atoms with E-state index in [0.29, 0.717) is 60.0 Å². The van der Waals surface area contributed by atoms with E-state index in [1.807, 2.05) is 24.3 Å². The van der Waals surface area contributed by atoms with Gasteiger partial charge in [0.15, 0.2) is 0 Å². The van der Waals surface area contributed by atoms with Gasteiger partial charge in [-0.3, -0.25) is 9.97 Å². The number of rotatable bonds is 12. The molecule has 6 rings (SSSR count). The van der Waals surface area contributed by atoms with Crippen LogP contribution in [0, 0.1) is 5.82 Å². The summed E-state index contributed by atoms with van der Waals surface area (Å²) in [4.78, 5) is 18.5. The number of nitrogens with zero attached hydrogens (tertiary/aromatic N) is 4. The molecular formula is C35H32F4N8O. The molecule has 2 unspecified atom stereocenters. The van der Waals surface area contributed by atoms with Gasteiger partial charge >= 0.3 is 6.36 Å². The summed E-state index contributed by atoms with van der Waals surface area (Å²) in [5.74, 6) is 0.416. The fourth-order valence-corrected chi connectivity index (χ4v) is 5.47. The van der Waals surface area contributed by atoms with Crippen molar-refractivity contribution in [2.24, 2.45) is 11.5 Å². The molecule has 0 aliphatic rings. The van der Waals surface area contributed by atoms with E-state index in [4.69, 9.17) is 21.4 Å². The number of halogens is 4. The fourth-order valence-electron chi connectivity index (χ4n) is 5.47. The van der Waals surface area contributed by atoms with Crippen molar-refractivity contribution in [1.82, 2.24) is 19.9 Å². The Hall–Kier alpha value is -5.40. The summed E-state index contributed by atoms with van der Waals surface area (Å²) in [7, 11) is 0. The van der Waals surface area contributed by atoms with Crippen LogP contribution in [0.2, 0.25) is 0 Å². The number of aromatic nitrogens is 4. The van der Waals surface area contributed by atoms with Gasteiger partial charge in [0.2, 0.25) is 0 Å². The number of hydrogen-bond donors (Lipinski definition) is 4. The van der Waals surface area contributed by atoms with Crippen molar-refractivity contribution in [2.75, 3.05) is 23.7 Å². The van der Waals surface area contributed by atoms with Crippen molar-refractivity contribution in [3.05, 3.63) is 103 Å². The number of alkyl halides is 3. The molecule has 6 aromatic rings. The maximum absolute atomic E-state index is 13.6. The van der Waals surface area contributed by atoms with E-state index in [-0.39, 0.29) is 23.7 Å². The zero-order valence-electron chi connectivity index (χ0n) is 25.6. The lowest BCUT2D eigenvalue weighted by molar-refractivity contribution is -0.274. The van der Waals surface area contributed by atoms with Crippen LogP contribution in [0.1, 0.15) is 12.8 Å². The van der Waals surface area contributed by atoms with Gasteiger partial charge < -0.3 is 26.8 Å². The average molecular weight is 657 g/mol. The second kappa shape index (κ2) is 14.2. The highest BCUT2D eigenvalue weighted by Gasteiger charge is 2.31. The molecule has 0 aliphatic heterocycles. The Balaban J connectivity index is 1.22. The Labute approximate surface area is 273 Å². The Bertz CT molecular complexity index is 2020. The number of pyridine rings is 4. The first kappa shape index (κ1) is 32.5. The van der Waals surface area contributed by atoms with Crippen molar-refractivity contribution in [2.45, 2.75) is 31.3 Å². The van der Waals surface area contributed by atoms with E-state index < -0.39 is 6.36 Å². The minimum atomic E-state index is -4.82. The third kappa shape index (κ3) is 7.76. The average Bonchev–Trinajstić information content (AvgIpc) is 3.07. The van der Waals surface area contributed by atoms with Crippen LogP contribution in [0.3, 0.4) is 0 Å². The summed E-state index contributed by atoms with van der Waals surface area (Å²) in [6.07, 6.45) is -0.444. The van der Waals surface area contributed by atoms with Crippen LogP contribution in [0.4, 0.5) is 29.2 Å². The minimum Gasteiger partial charge on any atom is -0.406 e. The number of fused-ring (bicyclic) bond motifs is 2. The first-order valence-corrected chi connectivity index (χ1v) is 15.3. The van der Waals surface area contributed by atoms with Crippen molar-refractivity contribution >= 4 is 33.4 Å². The van der Waals surface area contributed by atoms with E-state index in [2.05, 4.69) is 25.3 Å². The van der Waals surface area contributed by atoms with Crippen LogP contribution in [-0.2, 0) is 0 Å². The molecule has 0 saturated carbocycles. The highest BCUT2D eigenvalue weighted by molar-refractivity contribution is 5.93. The summed E-state index contributed by atoms with van der Waals surface area (Å²) in [5.41, 5.74) is 16.3. The number of benzene rings is 2. The molecule has 48 heavy (non-hydrogen) atoms. The monoisotopic (exact) mass is 656 g/mol. The van der Waals surface area contributed by atoms with Crippen LogP contribution in [0.25, 0.3) is 44.3 Å². The zero-order chi connectivity index (χ0) is 33.7. The standard InChI is InChI=1S/C35H32F4N8O/c36-23-10-8-21(9-11-23)29-19-31-25(6-2-15-42-31)33(46-29)44-17-13-27(41)28(12-14-40)45-34-26-7-3-16-43-32(26)20-30(47-34)22-4-1-5-24(18-22)48-35(37,38)39/h1-11,15-16,18-20,27-28H,12-14,17,40-41H2,(H,44,46)(H,45,47). The van der Waals surface area contributed by atoms with Crippen LogP contribution >= 0.6 is 0 Å². The maximum atomic E-state index is 13.6. The smallest absolute Gasteiger partial charge is 0.406 e. The lowest BCUT2D eigenvalue weighted by Gasteiger charge is -2.26. The molecule has 13 heteroatoms. The summed E-state index contributed by atoms with van der Waals surface area (Å²) in [6, 6.07) is 22.0. The van der Waals surface area contributed by atoms with Crippen LogP contribution in [0.15, 0.2) is 97.3 Å². The fraction of sp³-hybridized carbons (Fsp3) is 0.200. The first-order valence-electron chi connectivity index (χ1n) is 15.3. The Morgan fingerprint density at radius 1 is 0.750 bits per heavy atom. The molecule has 0 aliphatic carbocycles. The Kier molecular flexibility index (Phi) is 9.60. The number of nitrogens with one attached hydrogen (secondary N) is 2. The van der Waals surface area contributed by atoms with Gasteiger partial charge in [-0.15, -0.1) is 13.2 Å². The second-order valence-corrected chi connectivity index (χ2v) is 11.1. The van der Waals surface area contributed by atoms with Crippen LogP contribution in [-0.4, -0.2) is 51.5 Å². The van der Waals surface area contributed by atoms with Gasteiger partial charge in [0, 0.05) is 52.9 Å². The van der Waals surface area contributed by atoms with E-state index in [1.165, 1.54) is 30.3 Å². The van der Waals surface area contributed by atoms with Gasteiger partial charge in [0.1, 0.15) is 23.2 Å². The van der Waals surface area contributed by atoms with Gasteiger partial charge in [-0.25, -0.2) is 14.4 Å². The molecule has 4 aromatic heterocycles. The quantitative estimate of drug-likeness (QED) is 0.104. The molecule has 0 radical (unpaired) electrons. The molecule has 0 spiro atoms. The molecule has 0 amide bonds. The van der Waals surface area contributed by atoms with Gasteiger partial charge in [-0.1, -0.05) is 12.1 Å². The second-order valence-electron chi connectivity index (χ2n) is 11.1. The zero-order valence-corrected chi connectivity index (χ0v) is 25.6. The molecular weight excluding hydrogens is 624 g/mol. The van der Waals surface area contributed by atoms with E-state index in [1.54, 1.807) is 42.7 Å². The lowest BCUT2D eigenvalue weighted by atomic mass is 10.0. The molecule has 0 bridgehead atoms. The van der Waals surface area contributed by atoms with E-state index in [0.717, 1.165) is 21.9 Å². The van der Waals surface area contributed by atoms with Gasteiger partial charge in [-0.2, -0.15) is 0 Å². The van der Waals surface area contributed by atoms with E-state index in [9.17, 15) is 17.6 Å². The van der Waals surface area contributed by atoms with Crippen molar-refractivity contribution in [1.29, 1.82) is 0 Å². The summed E-state index contributed by atoms with van der Waals surface area (Å²) in [5, 5.41) is 8.40. The van der Waals surface area contributed by atoms with Gasteiger partial charge in [0.25, 0.3) is 0 Å². The molecule has 2 atom stereocenters. The largest absolute Gasteiger partial charge is 0.573 e. The summed E-state index contributed by atoms with van der Waals surface area (Å²) in [6.45, 7) is 0.818. The topological polar surface area (TPSA) is 137 Å². The molecule has 2 aromatic carbocycles. The third-order valence-electron chi connectivity index (χ3n) is 7.79. The Morgan fingerprint density at radius 2 is 1.40 bits per heavy atom. The minimum absolute atomic E-state index is 0.306. The lowest BCUT2D eigenvalue weighted by Crippen LogP contribution is -2.43. The van der Waals surface area contributed by atoms with Crippen molar-refractivity contribution in [3.63, 3.8) is 0 Å². The third-order valence-corrected chi connectivity index (χ3v) is 7.79. The molecule has 0 fully saturated rings. The van der Waals surface area contributed by atoms with Crippen molar-refractivity contribution < 1.29 is 22.3 Å². The molecule has 9 nitrogen and oxygen atoms in total. The predicted molar refractivity (Wildman–Crippen MR) is 179 cm³/mol. The van der Waals surface area contributed by atoms with Gasteiger partial charge in [-0.05, 0) is 92.2 Å². The summed E-state index contributed by atoms with van der Waals surface area (Å²) >= 11 is 0. The highest BCUT2D eigenvalue weighted by Crippen LogP contribution is 2.32. The summed E-state index contributed by atoms with van der Waals surface area (Å²) < 4.78 is 56.4. The van der Waals surface area contributed by atoms with E-state index >= 15 is 0 Å². The normalized spacial score (nSPS) is 13.0. The number of nitrogens with two attached hydrogens (primary N) is 2. The SMILES string of the molecule is NCCC(Nc1nc(-c2cccc(OC(F)(F)F)c2)cc2ncccc12)C(N)CCNc1nc(-c2ccc(F)cc2)cc2ncccc12. The number of hydrogen-bond acceptors (Lipinski definition) is 9. The first-order chi connectivity index (χ1) is 23.2. The molecule has 6 N–H and O–H groups in total. The molecule has 4 heterocycles. The highest BCUT2D eigenvalue weighted by atomic mass is 19.4. The van der Waals surface area contributed by atoms with Crippen molar-refractivity contribution in [3.8, 4) is 28.3 Å². The van der Waals surface area contributed by atoms with Gasteiger partial charge in [0.05, 0.1) is 22.4 Å². The number of anilines is 2. The van der Waals surface area contributed by atoms with Crippen LogP contribution in [0.5, 0.6) is 5.75 Å². The molecule has 0 saturated heterocycles. The molecule has 246 valence electrons. The van der Waals surface area contributed by atoms with Crippen LogP contribution < -0.4 is 26.8 Å². The Morgan fingerprint density at radius 3 is 2.06 bits per heavy atom.